The number of nitrogens with zero attached hydrogens (tertiary/aromatic N) is 1. The average Bonchev–Trinajstić information content (AvgIpc) is 3.63. The average molecular weight is 604 g/mol. The molecule has 1 fully saturated rings. The van der Waals surface area contributed by atoms with Crippen molar-refractivity contribution in [3.8, 4) is 0 Å². The van der Waals surface area contributed by atoms with Crippen molar-refractivity contribution in [3.05, 3.63) is 185 Å². The molecule has 3 nitrogen and oxygen atoms in total. The SMILES string of the molecule is Cc1ccc(S(=O)(=O)N2CC(c3cccc4ccccc34)C[C@@]23C(c2ccccc2)=C(c2ccccc2)c2ccccc23)cc1. The number of hydrogen-bond acceptors (Lipinski definition) is 2. The summed E-state index contributed by atoms with van der Waals surface area (Å²) in [7, 11) is -3.93. The van der Waals surface area contributed by atoms with Gasteiger partial charge in [0, 0.05) is 12.5 Å². The molecule has 0 bridgehead atoms. The second-order valence-corrected chi connectivity index (χ2v) is 14.1. The third-order valence-electron chi connectivity index (χ3n) is 9.66. The van der Waals surface area contributed by atoms with Crippen molar-refractivity contribution in [3.63, 3.8) is 0 Å². The molecule has 2 atom stereocenters. The number of sulfonamides is 1. The first kappa shape index (κ1) is 27.8. The highest BCUT2D eigenvalue weighted by Gasteiger charge is 2.59. The molecule has 0 N–H and O–H groups in total. The highest BCUT2D eigenvalue weighted by molar-refractivity contribution is 7.89. The Labute approximate surface area is 265 Å². The monoisotopic (exact) mass is 603 g/mol. The third kappa shape index (κ3) is 4.32. The Morgan fingerprint density at radius 3 is 2.02 bits per heavy atom. The number of hydrogen-bond donors (Lipinski definition) is 0. The maximum absolute atomic E-state index is 15.1. The molecule has 1 unspecified atom stereocenters. The molecule has 1 aliphatic carbocycles. The van der Waals surface area contributed by atoms with Crippen LogP contribution in [-0.4, -0.2) is 19.3 Å². The molecule has 0 radical (unpaired) electrons. The first-order chi connectivity index (χ1) is 22.0. The van der Waals surface area contributed by atoms with Crippen molar-refractivity contribution in [1.82, 2.24) is 4.31 Å². The lowest BCUT2D eigenvalue weighted by Gasteiger charge is -2.38. The Hall–Kier alpha value is -4.77. The second-order valence-electron chi connectivity index (χ2n) is 12.2. The zero-order chi connectivity index (χ0) is 30.6. The maximum Gasteiger partial charge on any atom is 0.244 e. The fourth-order valence-corrected chi connectivity index (χ4v) is 9.52. The highest BCUT2D eigenvalue weighted by atomic mass is 32.2. The van der Waals surface area contributed by atoms with Crippen molar-refractivity contribution >= 4 is 31.9 Å². The molecule has 1 saturated heterocycles. The Bertz CT molecular complexity index is 2180. The topological polar surface area (TPSA) is 37.4 Å². The fraction of sp³-hybridized carbons (Fsp3) is 0.122. The quantitative estimate of drug-likeness (QED) is 0.197. The van der Waals surface area contributed by atoms with E-state index < -0.39 is 15.6 Å². The molecule has 1 aliphatic heterocycles. The van der Waals surface area contributed by atoms with Gasteiger partial charge in [0.05, 0.1) is 10.4 Å². The van der Waals surface area contributed by atoms with Crippen LogP contribution in [0.15, 0.2) is 157 Å². The minimum absolute atomic E-state index is 0.0294. The normalized spacial score (nSPS) is 19.8. The fourth-order valence-electron chi connectivity index (χ4n) is 7.74. The number of fused-ring (bicyclic) bond motifs is 3. The molecule has 2 aliphatic rings. The van der Waals surface area contributed by atoms with Crippen molar-refractivity contribution in [1.29, 1.82) is 0 Å². The van der Waals surface area contributed by atoms with Crippen molar-refractivity contribution in [2.24, 2.45) is 0 Å². The number of rotatable bonds is 5. The van der Waals surface area contributed by atoms with Gasteiger partial charge in [0.2, 0.25) is 10.0 Å². The summed E-state index contributed by atoms with van der Waals surface area (Å²) in [5.74, 6) is -0.0294. The number of aryl methyl sites for hydroxylation is 1. The van der Waals surface area contributed by atoms with Gasteiger partial charge in [-0.3, -0.25) is 0 Å². The van der Waals surface area contributed by atoms with Gasteiger partial charge in [-0.1, -0.05) is 145 Å². The standard InChI is InChI=1S/C41H33NO2S/c1-29-23-25-34(26-24-29)45(43,44)42-28-33(36-21-12-18-30-13-8-9-19-35(30)36)27-41(42)38-22-11-10-20-37(38)39(31-14-4-2-5-15-31)40(41)32-16-6-3-7-17-32/h2-26,33H,27-28H2,1H3/t33?,41-/m1/s1. The summed E-state index contributed by atoms with van der Waals surface area (Å²) < 4.78 is 32.0. The molecule has 1 heterocycles. The van der Waals surface area contributed by atoms with Gasteiger partial charge in [-0.25, -0.2) is 8.42 Å². The Morgan fingerprint density at radius 1 is 0.644 bits per heavy atom. The summed E-state index contributed by atoms with van der Waals surface area (Å²) in [6.45, 7) is 2.36. The van der Waals surface area contributed by atoms with Gasteiger partial charge in [0.25, 0.3) is 0 Å². The van der Waals surface area contributed by atoms with Crippen LogP contribution in [0.25, 0.3) is 21.9 Å². The van der Waals surface area contributed by atoms with E-state index in [2.05, 4.69) is 115 Å². The molecular formula is C41H33NO2S. The molecule has 220 valence electrons. The highest BCUT2D eigenvalue weighted by Crippen LogP contribution is 2.62. The van der Waals surface area contributed by atoms with E-state index in [1.54, 1.807) is 12.1 Å². The van der Waals surface area contributed by atoms with E-state index in [1.807, 2.05) is 35.5 Å². The molecule has 45 heavy (non-hydrogen) atoms. The summed E-state index contributed by atoms with van der Waals surface area (Å²) in [4.78, 5) is 0.323. The molecule has 1 spiro atoms. The molecule has 0 saturated carbocycles. The molecule has 0 aromatic heterocycles. The van der Waals surface area contributed by atoms with Crippen molar-refractivity contribution < 1.29 is 8.42 Å². The van der Waals surface area contributed by atoms with E-state index >= 15 is 8.42 Å². The van der Waals surface area contributed by atoms with E-state index in [9.17, 15) is 0 Å². The van der Waals surface area contributed by atoms with Gasteiger partial charge >= 0.3 is 0 Å². The van der Waals surface area contributed by atoms with E-state index in [1.165, 1.54) is 16.3 Å². The second kappa shape index (κ2) is 10.7. The Morgan fingerprint density at radius 2 is 1.27 bits per heavy atom. The van der Waals surface area contributed by atoms with Crippen molar-refractivity contribution in [2.75, 3.05) is 6.54 Å². The Balaban J connectivity index is 1.46. The minimum atomic E-state index is -3.93. The first-order valence-electron chi connectivity index (χ1n) is 15.5. The third-order valence-corrected chi connectivity index (χ3v) is 11.6. The Kier molecular flexibility index (Phi) is 6.59. The summed E-state index contributed by atoms with van der Waals surface area (Å²) in [5, 5.41) is 2.34. The summed E-state index contributed by atoms with van der Waals surface area (Å²) in [6, 6.07) is 51.4. The van der Waals surface area contributed by atoms with Crippen LogP contribution in [0, 0.1) is 6.92 Å². The largest absolute Gasteiger partial charge is 0.244 e. The zero-order valence-electron chi connectivity index (χ0n) is 25.1. The van der Waals surface area contributed by atoms with Gasteiger partial charge < -0.3 is 0 Å². The van der Waals surface area contributed by atoms with Gasteiger partial charge in [-0.15, -0.1) is 0 Å². The lowest BCUT2D eigenvalue weighted by Crippen LogP contribution is -2.44. The lowest BCUT2D eigenvalue weighted by atomic mass is 9.77. The van der Waals surface area contributed by atoms with Crippen LogP contribution in [0.4, 0.5) is 0 Å². The molecule has 6 aromatic carbocycles. The molecule has 8 rings (SSSR count). The summed E-state index contributed by atoms with van der Waals surface area (Å²) >= 11 is 0. The van der Waals surface area contributed by atoms with Crippen LogP contribution >= 0.6 is 0 Å². The maximum atomic E-state index is 15.1. The van der Waals surface area contributed by atoms with Gasteiger partial charge in [-0.05, 0) is 75.2 Å². The molecule has 4 heteroatoms. The van der Waals surface area contributed by atoms with E-state index in [0.717, 1.165) is 39.0 Å². The zero-order valence-corrected chi connectivity index (χ0v) is 25.9. The van der Waals surface area contributed by atoms with Crippen LogP contribution in [-0.2, 0) is 15.6 Å². The van der Waals surface area contributed by atoms with Crippen LogP contribution in [0.5, 0.6) is 0 Å². The van der Waals surface area contributed by atoms with E-state index in [4.69, 9.17) is 0 Å². The van der Waals surface area contributed by atoms with Crippen LogP contribution in [0.2, 0.25) is 0 Å². The summed E-state index contributed by atoms with van der Waals surface area (Å²) in [6.07, 6.45) is 0.629. The number of benzene rings is 6. The smallest absolute Gasteiger partial charge is 0.207 e. The molecular weight excluding hydrogens is 571 g/mol. The van der Waals surface area contributed by atoms with E-state index in [0.29, 0.717) is 17.9 Å². The molecule has 0 amide bonds. The summed E-state index contributed by atoms with van der Waals surface area (Å²) in [5.41, 5.74) is 7.69. The van der Waals surface area contributed by atoms with Crippen LogP contribution in [0.1, 0.15) is 45.7 Å². The predicted octanol–water partition coefficient (Wildman–Crippen LogP) is 9.19. The van der Waals surface area contributed by atoms with Gasteiger partial charge in [-0.2, -0.15) is 4.31 Å². The van der Waals surface area contributed by atoms with Gasteiger partial charge in [0.15, 0.2) is 0 Å². The predicted molar refractivity (Wildman–Crippen MR) is 183 cm³/mol. The van der Waals surface area contributed by atoms with Crippen LogP contribution < -0.4 is 0 Å². The van der Waals surface area contributed by atoms with E-state index in [-0.39, 0.29) is 5.92 Å². The van der Waals surface area contributed by atoms with Crippen molar-refractivity contribution in [2.45, 2.75) is 29.7 Å². The minimum Gasteiger partial charge on any atom is -0.207 e. The van der Waals surface area contributed by atoms with Gasteiger partial charge in [0.1, 0.15) is 0 Å². The lowest BCUT2D eigenvalue weighted by molar-refractivity contribution is 0.324. The first-order valence-corrected chi connectivity index (χ1v) is 17.0. The molecule has 6 aromatic rings. The van der Waals surface area contributed by atoms with Crippen LogP contribution in [0.3, 0.4) is 0 Å².